The minimum Gasteiger partial charge on any atom is -0.395 e. The molecule has 5 nitrogen and oxygen atoms in total. The van der Waals surface area contributed by atoms with Crippen molar-refractivity contribution in [2.45, 2.75) is 13.3 Å². The van der Waals surface area contributed by atoms with Gasteiger partial charge in [0.2, 0.25) is 0 Å². The molecule has 0 spiro atoms. The van der Waals surface area contributed by atoms with Gasteiger partial charge in [-0.3, -0.25) is 14.7 Å². The molecule has 1 aromatic heterocycles. The summed E-state index contributed by atoms with van der Waals surface area (Å²) in [7, 11) is 0. The molecule has 0 aromatic carbocycles. The summed E-state index contributed by atoms with van der Waals surface area (Å²) in [5, 5.41) is 8.91. The Hall–Kier alpha value is -1.46. The van der Waals surface area contributed by atoms with E-state index in [0.29, 0.717) is 12.1 Å². The first-order valence-corrected chi connectivity index (χ1v) is 6.82. The first-order valence-electron chi connectivity index (χ1n) is 6.82. The molecule has 1 aromatic rings. The molecule has 5 heteroatoms. The number of aliphatic hydroxyl groups is 1. The van der Waals surface area contributed by atoms with E-state index in [0.717, 1.165) is 38.4 Å². The van der Waals surface area contributed by atoms with E-state index in [-0.39, 0.29) is 12.4 Å². The summed E-state index contributed by atoms with van der Waals surface area (Å²) in [4.78, 5) is 20.3. The third-order valence-electron chi connectivity index (χ3n) is 3.51. The van der Waals surface area contributed by atoms with Gasteiger partial charge in [0, 0.05) is 39.1 Å². The number of nitrogens with zero attached hydrogens (tertiary/aromatic N) is 3. The molecule has 0 saturated carbocycles. The maximum Gasteiger partial charge on any atom is 0.180 e. The molecule has 1 saturated heterocycles. The van der Waals surface area contributed by atoms with Crippen LogP contribution in [-0.2, 0) is 0 Å². The number of hydrogen-bond acceptors (Lipinski definition) is 5. The van der Waals surface area contributed by atoms with Crippen molar-refractivity contribution in [2.24, 2.45) is 0 Å². The Morgan fingerprint density at radius 2 is 2.05 bits per heavy atom. The maximum absolute atomic E-state index is 11.5. The molecule has 0 aliphatic carbocycles. The fourth-order valence-electron chi connectivity index (χ4n) is 2.29. The zero-order chi connectivity index (χ0) is 13.7. The highest BCUT2D eigenvalue weighted by molar-refractivity contribution is 5.94. The molecule has 1 aliphatic rings. The summed E-state index contributed by atoms with van der Waals surface area (Å²) in [6.07, 6.45) is 2.27. The highest BCUT2D eigenvalue weighted by atomic mass is 16.3. The van der Waals surface area contributed by atoms with Crippen LogP contribution in [-0.4, -0.2) is 60.1 Å². The molecule has 1 aliphatic heterocycles. The van der Waals surface area contributed by atoms with Gasteiger partial charge in [-0.05, 0) is 12.1 Å². The predicted molar refractivity (Wildman–Crippen MR) is 74.6 cm³/mol. The lowest BCUT2D eigenvalue weighted by Crippen LogP contribution is -2.47. The number of carbonyl (C=O) groups is 1. The molecule has 1 N–H and O–H groups in total. The average Bonchev–Trinajstić information content (AvgIpc) is 2.48. The van der Waals surface area contributed by atoms with Gasteiger partial charge in [-0.15, -0.1) is 0 Å². The third kappa shape index (κ3) is 3.52. The van der Waals surface area contributed by atoms with Crippen molar-refractivity contribution >= 4 is 11.5 Å². The van der Waals surface area contributed by atoms with Crippen LogP contribution in [0.2, 0.25) is 0 Å². The average molecular weight is 263 g/mol. The van der Waals surface area contributed by atoms with Gasteiger partial charge in [0.1, 0.15) is 5.69 Å². The van der Waals surface area contributed by atoms with Gasteiger partial charge in [0.05, 0.1) is 18.5 Å². The number of anilines is 1. The molecular weight excluding hydrogens is 242 g/mol. The van der Waals surface area contributed by atoms with Crippen LogP contribution < -0.4 is 4.90 Å². The Kier molecular flexibility index (Phi) is 4.87. The quantitative estimate of drug-likeness (QED) is 0.796. The van der Waals surface area contributed by atoms with Crippen molar-refractivity contribution in [1.82, 2.24) is 9.88 Å². The molecule has 104 valence electrons. The third-order valence-corrected chi connectivity index (χ3v) is 3.51. The number of aromatic nitrogens is 1. The molecule has 1 fully saturated rings. The van der Waals surface area contributed by atoms with Crippen molar-refractivity contribution in [1.29, 1.82) is 0 Å². The monoisotopic (exact) mass is 263 g/mol. The summed E-state index contributed by atoms with van der Waals surface area (Å²) in [6.45, 7) is 6.58. The van der Waals surface area contributed by atoms with Crippen LogP contribution in [0.15, 0.2) is 18.3 Å². The minimum atomic E-state index is 0.0827. The Morgan fingerprint density at radius 3 is 2.58 bits per heavy atom. The van der Waals surface area contributed by atoms with Crippen LogP contribution in [0.4, 0.5) is 5.69 Å². The van der Waals surface area contributed by atoms with Gasteiger partial charge in [-0.2, -0.15) is 0 Å². The largest absolute Gasteiger partial charge is 0.395 e. The molecule has 0 radical (unpaired) electrons. The molecular formula is C14H21N3O2. The van der Waals surface area contributed by atoms with Crippen molar-refractivity contribution in [3.05, 3.63) is 24.0 Å². The van der Waals surface area contributed by atoms with Crippen LogP contribution in [0.5, 0.6) is 0 Å². The van der Waals surface area contributed by atoms with E-state index >= 15 is 0 Å². The second-order valence-corrected chi connectivity index (χ2v) is 4.73. The van der Waals surface area contributed by atoms with E-state index in [1.807, 2.05) is 13.0 Å². The predicted octanol–water partition coefficient (Wildman–Crippen LogP) is 0.789. The second kappa shape index (κ2) is 6.63. The van der Waals surface area contributed by atoms with E-state index in [9.17, 15) is 4.79 Å². The van der Waals surface area contributed by atoms with Gasteiger partial charge in [0.25, 0.3) is 0 Å². The Labute approximate surface area is 113 Å². The Morgan fingerprint density at radius 1 is 1.32 bits per heavy atom. The number of aliphatic hydroxyl groups excluding tert-OH is 1. The van der Waals surface area contributed by atoms with Gasteiger partial charge in [-0.1, -0.05) is 6.92 Å². The second-order valence-electron chi connectivity index (χ2n) is 4.73. The smallest absolute Gasteiger partial charge is 0.180 e. The van der Waals surface area contributed by atoms with Crippen LogP contribution in [0.25, 0.3) is 0 Å². The number of carbonyl (C=O) groups excluding carboxylic acids is 1. The zero-order valence-electron chi connectivity index (χ0n) is 11.4. The first kappa shape index (κ1) is 14.0. The lowest BCUT2D eigenvalue weighted by molar-refractivity contribution is 0.0983. The van der Waals surface area contributed by atoms with Crippen molar-refractivity contribution in [2.75, 3.05) is 44.2 Å². The molecule has 0 amide bonds. The fraction of sp³-hybridized carbons (Fsp3) is 0.571. The standard InChI is InChI=1S/C14H21N3O2/c1-2-14(19)13-4-3-12(11-15-13)17-7-5-16(6-8-17)9-10-18/h3-4,11,18H,2,5-10H2,1H3. The van der Waals surface area contributed by atoms with E-state index in [2.05, 4.69) is 14.8 Å². The maximum atomic E-state index is 11.5. The summed E-state index contributed by atoms with van der Waals surface area (Å²) in [5.41, 5.74) is 1.61. The summed E-state index contributed by atoms with van der Waals surface area (Å²) in [5.74, 6) is 0.0827. The number of rotatable bonds is 5. The molecule has 0 atom stereocenters. The van der Waals surface area contributed by atoms with Crippen LogP contribution in [0, 0.1) is 0 Å². The van der Waals surface area contributed by atoms with E-state index in [1.54, 1.807) is 12.3 Å². The fourth-order valence-corrected chi connectivity index (χ4v) is 2.29. The molecule has 2 heterocycles. The van der Waals surface area contributed by atoms with Crippen LogP contribution >= 0.6 is 0 Å². The highest BCUT2D eigenvalue weighted by Crippen LogP contribution is 2.16. The minimum absolute atomic E-state index is 0.0827. The lowest BCUT2D eigenvalue weighted by Gasteiger charge is -2.35. The van der Waals surface area contributed by atoms with E-state index < -0.39 is 0 Å². The van der Waals surface area contributed by atoms with E-state index in [4.69, 9.17) is 5.11 Å². The summed E-state index contributed by atoms with van der Waals surface area (Å²) in [6, 6.07) is 3.78. The lowest BCUT2D eigenvalue weighted by atomic mass is 10.2. The topological polar surface area (TPSA) is 56.7 Å². The summed E-state index contributed by atoms with van der Waals surface area (Å²) >= 11 is 0. The Bertz CT molecular complexity index is 411. The number of pyridine rings is 1. The number of ketones is 1. The number of β-amino-alcohol motifs (C(OH)–C–C–N with tert-alkyl or cyclic N) is 1. The number of hydrogen-bond donors (Lipinski definition) is 1. The number of piperazine rings is 1. The Balaban J connectivity index is 1.94. The van der Waals surface area contributed by atoms with Crippen LogP contribution in [0.1, 0.15) is 23.8 Å². The van der Waals surface area contributed by atoms with Gasteiger partial charge in [0.15, 0.2) is 5.78 Å². The van der Waals surface area contributed by atoms with Crippen LogP contribution in [0.3, 0.4) is 0 Å². The van der Waals surface area contributed by atoms with E-state index in [1.165, 1.54) is 0 Å². The summed E-state index contributed by atoms with van der Waals surface area (Å²) < 4.78 is 0. The van der Waals surface area contributed by atoms with Crippen molar-refractivity contribution in [3.8, 4) is 0 Å². The SMILES string of the molecule is CCC(=O)c1ccc(N2CCN(CCO)CC2)cn1. The van der Waals surface area contributed by atoms with Gasteiger partial charge < -0.3 is 10.0 Å². The van der Waals surface area contributed by atoms with Crippen molar-refractivity contribution < 1.29 is 9.90 Å². The van der Waals surface area contributed by atoms with Gasteiger partial charge >= 0.3 is 0 Å². The van der Waals surface area contributed by atoms with Gasteiger partial charge in [-0.25, -0.2) is 0 Å². The highest BCUT2D eigenvalue weighted by Gasteiger charge is 2.17. The zero-order valence-corrected chi connectivity index (χ0v) is 11.4. The first-order chi connectivity index (χ1) is 9.24. The molecule has 19 heavy (non-hydrogen) atoms. The molecule has 2 rings (SSSR count). The number of Topliss-reactive ketones (excluding diaryl/α,β-unsaturated/α-hetero) is 1. The molecule has 0 unspecified atom stereocenters. The normalized spacial score (nSPS) is 16.6. The molecule has 0 bridgehead atoms. The van der Waals surface area contributed by atoms with Crippen molar-refractivity contribution in [3.63, 3.8) is 0 Å².